The number of hydrogen-bond donors (Lipinski definition) is 0. The van der Waals surface area contributed by atoms with Crippen LogP contribution in [0.1, 0.15) is 63.4 Å². The van der Waals surface area contributed by atoms with E-state index >= 15 is 0 Å². The summed E-state index contributed by atoms with van der Waals surface area (Å²) in [6.07, 6.45) is 3.34. The van der Waals surface area contributed by atoms with Gasteiger partial charge in [0.15, 0.2) is 24.0 Å². The highest BCUT2D eigenvalue weighted by molar-refractivity contribution is 6.58. The van der Waals surface area contributed by atoms with Crippen molar-refractivity contribution in [2.24, 2.45) is 11.8 Å². The van der Waals surface area contributed by atoms with Gasteiger partial charge >= 0.3 is 6.18 Å². The Labute approximate surface area is 171 Å². The van der Waals surface area contributed by atoms with Crippen LogP contribution in [-0.2, 0) is 0 Å². The Balaban J connectivity index is 1.54. The molecule has 0 spiro atoms. The lowest BCUT2D eigenvalue weighted by Crippen LogP contribution is -2.28. The van der Waals surface area contributed by atoms with Crippen molar-refractivity contribution in [3.05, 3.63) is 29.3 Å². The third kappa shape index (κ3) is 6.19. The number of ether oxygens (including phenoxy) is 1. The van der Waals surface area contributed by atoms with Crippen LogP contribution in [0.2, 0.25) is 18.1 Å². The summed E-state index contributed by atoms with van der Waals surface area (Å²) in [7, 11) is -0.479. The molecule has 0 aromatic heterocycles. The molecule has 2 fully saturated rings. The second kappa shape index (κ2) is 9.80. The monoisotopic (exact) mass is 434 g/mol. The van der Waals surface area contributed by atoms with Crippen LogP contribution >= 0.6 is 0 Å². The van der Waals surface area contributed by atoms with Gasteiger partial charge in [0.05, 0.1) is 0 Å². The van der Waals surface area contributed by atoms with Crippen molar-refractivity contribution in [2.75, 3.05) is 6.61 Å². The van der Waals surface area contributed by atoms with Gasteiger partial charge in [-0.25, -0.2) is 8.78 Å². The summed E-state index contributed by atoms with van der Waals surface area (Å²) >= 11 is 0. The summed E-state index contributed by atoms with van der Waals surface area (Å²) < 4.78 is 69.5. The van der Waals surface area contributed by atoms with Crippen molar-refractivity contribution < 1.29 is 26.7 Å². The molecule has 1 aromatic carbocycles. The quantitative estimate of drug-likeness (QED) is 0.339. The number of rotatable bonds is 6. The maximum Gasteiger partial charge on any atom is 0.422 e. The third-order valence-corrected chi connectivity index (χ3v) is 10.6. The molecule has 1 aromatic rings. The average molecular weight is 435 g/mol. The largest absolute Gasteiger partial charge is 0.478 e. The molecule has 0 radical (unpaired) electrons. The Morgan fingerprint density at radius 1 is 0.931 bits per heavy atom. The zero-order chi connectivity index (χ0) is 21.0. The van der Waals surface area contributed by atoms with E-state index in [1.807, 2.05) is 0 Å². The number of halogens is 5. The molecular weight excluding hydrogens is 403 g/mol. The zero-order valence-corrected chi connectivity index (χ0v) is 18.2. The van der Waals surface area contributed by atoms with Crippen LogP contribution in [0.5, 0.6) is 5.75 Å². The van der Waals surface area contributed by atoms with Gasteiger partial charge in [0, 0.05) is 8.80 Å². The minimum Gasteiger partial charge on any atom is -0.478 e. The summed E-state index contributed by atoms with van der Waals surface area (Å²) in [5, 5.41) is 0. The van der Waals surface area contributed by atoms with Crippen LogP contribution in [-0.4, -0.2) is 21.6 Å². The van der Waals surface area contributed by atoms with E-state index in [-0.39, 0.29) is 5.92 Å². The first-order valence-electron chi connectivity index (χ1n) is 10.9. The Bertz CT molecular complexity index is 639. The van der Waals surface area contributed by atoms with Gasteiger partial charge in [0.1, 0.15) is 0 Å². The first-order chi connectivity index (χ1) is 13.8. The second-order valence-corrected chi connectivity index (χ2v) is 12.4. The highest BCUT2D eigenvalue weighted by Gasteiger charge is 2.33. The standard InChI is InChI=1S/C22H31F5OSi/c1-2-9-29-10-7-17(8-11-29)15-3-5-16(6-4-15)18-12-19(23)21(20(24)13-18)28-14-22(25,26)27/h12-13,15-17,29H,2-11,14H2,1H3/t15?,16?,17-,29-. The van der Waals surface area contributed by atoms with Crippen molar-refractivity contribution >= 4 is 8.80 Å². The molecule has 0 amide bonds. The molecule has 1 nitrogen and oxygen atoms in total. The minimum atomic E-state index is -4.63. The highest BCUT2D eigenvalue weighted by atomic mass is 28.3. The van der Waals surface area contributed by atoms with E-state index in [0.29, 0.717) is 11.5 Å². The first kappa shape index (κ1) is 22.6. The van der Waals surface area contributed by atoms with Crippen molar-refractivity contribution in [3.63, 3.8) is 0 Å². The van der Waals surface area contributed by atoms with Gasteiger partial charge in [0.25, 0.3) is 0 Å². The molecule has 7 heteroatoms. The molecular formula is C22H31F5OSi. The second-order valence-electron chi connectivity index (χ2n) is 8.90. The van der Waals surface area contributed by atoms with Gasteiger partial charge in [0.2, 0.25) is 0 Å². The topological polar surface area (TPSA) is 9.23 Å². The molecule has 0 atom stereocenters. The van der Waals surface area contributed by atoms with Gasteiger partial charge in [-0.2, -0.15) is 13.2 Å². The lowest BCUT2D eigenvalue weighted by atomic mass is 9.72. The molecule has 0 bridgehead atoms. The first-order valence-corrected chi connectivity index (χ1v) is 13.4. The predicted octanol–water partition coefficient (Wildman–Crippen LogP) is 7.23. The van der Waals surface area contributed by atoms with E-state index in [4.69, 9.17) is 0 Å². The van der Waals surface area contributed by atoms with Crippen LogP contribution in [0.15, 0.2) is 12.1 Å². The SMILES string of the molecule is CCC[Si@H]1CC[C@H](C2CCC(c3cc(F)c(OCC(F)(F)F)c(F)c3)CC2)CC1. The Kier molecular flexibility index (Phi) is 7.62. The fourth-order valence-electron chi connectivity index (χ4n) is 5.39. The van der Waals surface area contributed by atoms with Crippen LogP contribution in [0.4, 0.5) is 22.0 Å². The van der Waals surface area contributed by atoms with Gasteiger partial charge < -0.3 is 4.74 Å². The summed E-state index contributed by atoms with van der Waals surface area (Å²) in [5.41, 5.74) is 0.539. The Morgan fingerprint density at radius 2 is 1.48 bits per heavy atom. The molecule has 3 rings (SSSR count). The van der Waals surface area contributed by atoms with E-state index in [2.05, 4.69) is 11.7 Å². The van der Waals surface area contributed by atoms with Gasteiger partial charge in [-0.15, -0.1) is 0 Å². The molecule has 0 N–H and O–H groups in total. The number of hydrogen-bond acceptors (Lipinski definition) is 1. The molecule has 1 saturated carbocycles. The maximum absolute atomic E-state index is 14.2. The fourth-order valence-corrected chi connectivity index (χ4v) is 8.87. The fraction of sp³-hybridized carbons (Fsp3) is 0.727. The Morgan fingerprint density at radius 3 is 2.00 bits per heavy atom. The molecule has 1 aliphatic heterocycles. The lowest BCUT2D eigenvalue weighted by molar-refractivity contribution is -0.154. The summed E-state index contributed by atoms with van der Waals surface area (Å²) in [6, 6.07) is 6.71. The molecule has 29 heavy (non-hydrogen) atoms. The Hall–Kier alpha value is -1.11. The van der Waals surface area contributed by atoms with Crippen LogP contribution in [0.3, 0.4) is 0 Å². The van der Waals surface area contributed by atoms with Crippen LogP contribution in [0.25, 0.3) is 0 Å². The normalized spacial score (nSPS) is 28.3. The molecule has 1 aliphatic carbocycles. The van der Waals surface area contributed by atoms with E-state index in [9.17, 15) is 22.0 Å². The maximum atomic E-state index is 14.2. The zero-order valence-electron chi connectivity index (χ0n) is 17.0. The van der Waals surface area contributed by atoms with Crippen LogP contribution < -0.4 is 4.74 Å². The smallest absolute Gasteiger partial charge is 0.422 e. The van der Waals surface area contributed by atoms with Gasteiger partial charge in [-0.05, 0) is 61.1 Å². The van der Waals surface area contributed by atoms with E-state index in [1.165, 1.54) is 37.4 Å². The van der Waals surface area contributed by atoms with Crippen molar-refractivity contribution in [3.8, 4) is 5.75 Å². The van der Waals surface area contributed by atoms with Gasteiger partial charge in [-0.1, -0.05) is 44.3 Å². The highest BCUT2D eigenvalue weighted by Crippen LogP contribution is 2.44. The van der Waals surface area contributed by atoms with E-state index in [0.717, 1.165) is 43.7 Å². The third-order valence-electron chi connectivity index (χ3n) is 6.90. The number of benzene rings is 1. The number of alkyl halides is 3. The average Bonchev–Trinajstić information content (AvgIpc) is 2.67. The van der Waals surface area contributed by atoms with Crippen molar-refractivity contribution in [1.82, 2.24) is 0 Å². The molecule has 2 aliphatic rings. The van der Waals surface area contributed by atoms with Crippen molar-refractivity contribution in [2.45, 2.75) is 82.1 Å². The molecule has 1 saturated heterocycles. The molecule has 164 valence electrons. The minimum absolute atomic E-state index is 0.0673. The molecule has 0 unspecified atom stereocenters. The molecule has 1 heterocycles. The van der Waals surface area contributed by atoms with E-state index < -0.39 is 39.0 Å². The summed E-state index contributed by atoms with van der Waals surface area (Å²) in [5.74, 6) is -1.45. The summed E-state index contributed by atoms with van der Waals surface area (Å²) in [4.78, 5) is 0. The lowest BCUT2D eigenvalue weighted by Gasteiger charge is -2.37. The summed E-state index contributed by atoms with van der Waals surface area (Å²) in [6.45, 7) is 0.579. The predicted molar refractivity (Wildman–Crippen MR) is 107 cm³/mol. The van der Waals surface area contributed by atoms with Gasteiger partial charge in [-0.3, -0.25) is 0 Å². The van der Waals surface area contributed by atoms with E-state index in [1.54, 1.807) is 0 Å². The van der Waals surface area contributed by atoms with Crippen molar-refractivity contribution in [1.29, 1.82) is 0 Å². The van der Waals surface area contributed by atoms with Crippen LogP contribution in [0, 0.1) is 23.5 Å².